The molecule has 42 heavy (non-hydrogen) atoms. The summed E-state index contributed by atoms with van der Waals surface area (Å²) in [5, 5.41) is 2.75. The van der Waals surface area contributed by atoms with Crippen molar-refractivity contribution in [2.45, 2.75) is 56.5 Å². The Morgan fingerprint density at radius 3 is 2.31 bits per heavy atom. The van der Waals surface area contributed by atoms with Crippen LogP contribution in [0.3, 0.4) is 0 Å². The number of ether oxygens (including phenoxy) is 3. The molecule has 1 fully saturated rings. The summed E-state index contributed by atoms with van der Waals surface area (Å²) >= 11 is 0. The van der Waals surface area contributed by atoms with Gasteiger partial charge in [0.25, 0.3) is 5.91 Å². The summed E-state index contributed by atoms with van der Waals surface area (Å²) in [4.78, 5) is 13.0. The lowest BCUT2D eigenvalue weighted by molar-refractivity contribution is -0.137. The number of halogens is 3. The monoisotopic (exact) mass is 606 g/mol. The standard InChI is InChI=1S/C30H33F3N2O6S/c1-29(2,3)35-42(37,38)26-13-9-20(18-25(26)39-4)28(36)34-21-11-12-22(19(17-21)10-14-27-40-15-16-41-27)23-7-5-6-8-24(23)30(31,32)33/h5-9,11-13,17-18,27,35H,10,14-16H2,1-4H3,(H,34,36). The van der Waals surface area contributed by atoms with Gasteiger partial charge in [0.1, 0.15) is 10.6 Å². The fourth-order valence-corrected chi connectivity index (χ4v) is 6.22. The number of alkyl halides is 3. The van der Waals surface area contributed by atoms with Gasteiger partial charge in [-0.15, -0.1) is 0 Å². The number of methoxy groups -OCH3 is 1. The summed E-state index contributed by atoms with van der Waals surface area (Å²) in [5.74, 6) is -0.575. The molecule has 1 aliphatic rings. The Kier molecular flexibility index (Phi) is 9.31. The van der Waals surface area contributed by atoms with Crippen molar-refractivity contribution >= 4 is 21.6 Å². The lowest BCUT2D eigenvalue weighted by Crippen LogP contribution is -2.40. The van der Waals surface area contributed by atoms with Gasteiger partial charge in [-0.05, 0) is 80.3 Å². The maximum absolute atomic E-state index is 13.8. The minimum atomic E-state index is -4.56. The van der Waals surface area contributed by atoms with Crippen LogP contribution in [0.2, 0.25) is 0 Å². The van der Waals surface area contributed by atoms with E-state index < -0.39 is 39.5 Å². The fraction of sp³-hybridized carbons (Fsp3) is 0.367. The summed E-state index contributed by atoms with van der Waals surface area (Å²) in [5.41, 5.74) is -0.0577. The molecule has 12 heteroatoms. The molecule has 1 saturated heterocycles. The van der Waals surface area contributed by atoms with Crippen LogP contribution in [0.4, 0.5) is 18.9 Å². The smallest absolute Gasteiger partial charge is 0.417 e. The Hall–Kier alpha value is -3.45. The van der Waals surface area contributed by atoms with E-state index in [9.17, 15) is 26.4 Å². The van der Waals surface area contributed by atoms with Crippen molar-refractivity contribution in [3.8, 4) is 16.9 Å². The molecule has 0 saturated carbocycles. The van der Waals surface area contributed by atoms with Gasteiger partial charge in [-0.1, -0.05) is 24.3 Å². The van der Waals surface area contributed by atoms with Crippen LogP contribution < -0.4 is 14.8 Å². The third-order valence-electron chi connectivity index (χ3n) is 6.38. The van der Waals surface area contributed by atoms with E-state index in [1.54, 1.807) is 39.0 Å². The van der Waals surface area contributed by atoms with Crippen molar-refractivity contribution in [1.82, 2.24) is 4.72 Å². The summed E-state index contributed by atoms with van der Waals surface area (Å²) in [6.07, 6.45) is -4.28. The lowest BCUT2D eigenvalue weighted by atomic mass is 9.92. The van der Waals surface area contributed by atoms with Crippen molar-refractivity contribution in [1.29, 1.82) is 0 Å². The number of amides is 1. The first-order chi connectivity index (χ1) is 19.7. The van der Waals surface area contributed by atoms with Gasteiger partial charge in [-0.25, -0.2) is 13.1 Å². The lowest BCUT2D eigenvalue weighted by Gasteiger charge is -2.21. The predicted octanol–water partition coefficient (Wildman–Crippen LogP) is 6.02. The normalized spacial score (nSPS) is 14.6. The summed E-state index contributed by atoms with van der Waals surface area (Å²) in [7, 11) is -2.63. The van der Waals surface area contributed by atoms with E-state index in [4.69, 9.17) is 14.2 Å². The molecule has 1 amide bonds. The van der Waals surface area contributed by atoms with Crippen LogP contribution in [0.25, 0.3) is 11.1 Å². The summed E-state index contributed by atoms with van der Waals surface area (Å²) in [6, 6.07) is 14.0. The number of benzene rings is 3. The molecular formula is C30H33F3N2O6S. The van der Waals surface area contributed by atoms with Gasteiger partial charge in [0, 0.05) is 23.2 Å². The average Bonchev–Trinajstić information content (AvgIpc) is 3.43. The number of nitrogens with one attached hydrogen (secondary N) is 2. The molecule has 226 valence electrons. The zero-order valence-electron chi connectivity index (χ0n) is 23.7. The molecule has 1 heterocycles. The maximum Gasteiger partial charge on any atom is 0.417 e. The number of anilines is 1. The van der Waals surface area contributed by atoms with E-state index in [1.165, 1.54) is 43.5 Å². The van der Waals surface area contributed by atoms with E-state index in [2.05, 4.69) is 10.0 Å². The third-order valence-corrected chi connectivity index (χ3v) is 8.18. The zero-order valence-corrected chi connectivity index (χ0v) is 24.5. The predicted molar refractivity (Wildman–Crippen MR) is 152 cm³/mol. The van der Waals surface area contributed by atoms with Gasteiger partial charge in [0.2, 0.25) is 10.0 Å². The highest BCUT2D eigenvalue weighted by Gasteiger charge is 2.34. The molecule has 0 aliphatic carbocycles. The van der Waals surface area contributed by atoms with Crippen LogP contribution in [-0.2, 0) is 32.1 Å². The first kappa shape index (κ1) is 31.5. The van der Waals surface area contributed by atoms with Crippen LogP contribution in [-0.4, -0.2) is 46.5 Å². The van der Waals surface area contributed by atoms with Crippen molar-refractivity contribution in [2.24, 2.45) is 0 Å². The molecule has 0 unspecified atom stereocenters. The maximum atomic E-state index is 13.8. The van der Waals surface area contributed by atoms with E-state index in [0.29, 0.717) is 42.9 Å². The Labute approximate surface area is 243 Å². The molecule has 0 aromatic heterocycles. The quantitative estimate of drug-likeness (QED) is 0.309. The molecule has 1 aliphatic heterocycles. The van der Waals surface area contributed by atoms with Gasteiger partial charge in [0.05, 0.1) is 25.9 Å². The Balaban J connectivity index is 1.65. The van der Waals surface area contributed by atoms with Crippen LogP contribution in [0.15, 0.2) is 65.6 Å². The summed E-state index contributed by atoms with van der Waals surface area (Å²) < 4.78 is 86.0. The molecule has 4 rings (SSSR count). The molecule has 0 atom stereocenters. The van der Waals surface area contributed by atoms with Crippen molar-refractivity contribution in [2.75, 3.05) is 25.6 Å². The second-order valence-corrected chi connectivity index (χ2v) is 12.5. The number of sulfonamides is 1. The van der Waals surface area contributed by atoms with E-state index >= 15 is 0 Å². The second-order valence-electron chi connectivity index (χ2n) is 10.8. The van der Waals surface area contributed by atoms with Crippen LogP contribution >= 0.6 is 0 Å². The number of carbonyl (C=O) groups excluding carboxylic acids is 1. The van der Waals surface area contributed by atoms with E-state index in [0.717, 1.165) is 6.07 Å². The molecule has 2 N–H and O–H groups in total. The van der Waals surface area contributed by atoms with Gasteiger partial charge < -0.3 is 19.5 Å². The fourth-order valence-electron chi connectivity index (χ4n) is 4.65. The number of hydrogen-bond acceptors (Lipinski definition) is 6. The van der Waals surface area contributed by atoms with Crippen molar-refractivity contribution < 1.29 is 40.6 Å². The van der Waals surface area contributed by atoms with E-state index in [1.807, 2.05) is 0 Å². The van der Waals surface area contributed by atoms with Gasteiger partial charge in [-0.2, -0.15) is 13.2 Å². The minimum absolute atomic E-state index is 0.0178. The van der Waals surface area contributed by atoms with Crippen LogP contribution in [0, 0.1) is 0 Å². The number of rotatable bonds is 9. The minimum Gasteiger partial charge on any atom is -0.495 e. The first-order valence-electron chi connectivity index (χ1n) is 13.2. The topological polar surface area (TPSA) is 103 Å². The molecule has 3 aromatic rings. The largest absolute Gasteiger partial charge is 0.495 e. The first-order valence-corrected chi connectivity index (χ1v) is 14.7. The van der Waals surface area contributed by atoms with Crippen LogP contribution in [0.5, 0.6) is 5.75 Å². The zero-order chi connectivity index (χ0) is 30.7. The average molecular weight is 607 g/mol. The summed E-state index contributed by atoms with van der Waals surface area (Å²) in [6.45, 7) is 6.00. The van der Waals surface area contributed by atoms with Gasteiger partial charge in [0.15, 0.2) is 6.29 Å². The van der Waals surface area contributed by atoms with Gasteiger partial charge in [-0.3, -0.25) is 4.79 Å². The Morgan fingerprint density at radius 2 is 1.67 bits per heavy atom. The molecular weight excluding hydrogens is 573 g/mol. The third kappa shape index (κ3) is 7.68. The SMILES string of the molecule is COc1cc(C(=O)Nc2ccc(-c3ccccc3C(F)(F)F)c(CCC3OCCO3)c2)ccc1S(=O)(=O)NC(C)(C)C. The van der Waals surface area contributed by atoms with Crippen molar-refractivity contribution in [3.63, 3.8) is 0 Å². The second kappa shape index (κ2) is 12.4. The molecule has 0 spiro atoms. The molecule has 0 bridgehead atoms. The van der Waals surface area contributed by atoms with Crippen molar-refractivity contribution in [3.05, 3.63) is 77.4 Å². The molecule has 8 nitrogen and oxygen atoms in total. The molecule has 3 aromatic carbocycles. The number of hydrogen-bond donors (Lipinski definition) is 2. The highest BCUT2D eigenvalue weighted by Crippen LogP contribution is 2.39. The molecule has 0 radical (unpaired) electrons. The highest BCUT2D eigenvalue weighted by atomic mass is 32.2. The Bertz CT molecular complexity index is 1550. The number of aryl methyl sites for hydroxylation is 1. The Morgan fingerprint density at radius 1 is 0.976 bits per heavy atom. The van der Waals surface area contributed by atoms with Gasteiger partial charge >= 0.3 is 6.18 Å². The van der Waals surface area contributed by atoms with E-state index in [-0.39, 0.29) is 21.8 Å². The number of carbonyl (C=O) groups is 1. The highest BCUT2D eigenvalue weighted by molar-refractivity contribution is 7.89. The van der Waals surface area contributed by atoms with Crippen LogP contribution in [0.1, 0.15) is 48.7 Å².